The molecule has 26 nitrogen and oxygen atoms in total. The highest BCUT2D eigenvalue weighted by atomic mass is 79.9. The normalized spacial score (nSPS) is 11.9. The average Bonchev–Trinajstić information content (AvgIpc) is 3.67. The lowest BCUT2D eigenvalue weighted by molar-refractivity contribution is -0.386. The Labute approximate surface area is 510 Å². The van der Waals surface area contributed by atoms with Crippen LogP contribution in [0.25, 0.3) is 0 Å². The molecule has 1 aliphatic rings. The highest BCUT2D eigenvalue weighted by molar-refractivity contribution is 9.09. The number of methoxy groups -OCH3 is 5. The summed E-state index contributed by atoms with van der Waals surface area (Å²) >= 11 is 12.9. The fourth-order valence-electron chi connectivity index (χ4n) is 6.73. The minimum atomic E-state index is -0.635. The van der Waals surface area contributed by atoms with Crippen molar-refractivity contribution >= 4 is 99.6 Å². The first kappa shape index (κ1) is 71.9. The summed E-state index contributed by atoms with van der Waals surface area (Å²) in [6.45, 7) is 2.11. The van der Waals surface area contributed by atoms with Crippen molar-refractivity contribution in [3.8, 4) is 57.5 Å². The number of nitro benzene ring substituents is 3. The number of nitro groups is 3. The van der Waals surface area contributed by atoms with Crippen LogP contribution in [0.4, 0.5) is 17.1 Å². The van der Waals surface area contributed by atoms with E-state index in [-0.39, 0.29) is 64.9 Å². The van der Waals surface area contributed by atoms with Crippen molar-refractivity contribution < 1.29 is 86.4 Å². The van der Waals surface area contributed by atoms with Gasteiger partial charge in [0.2, 0.25) is 0 Å². The zero-order valence-corrected chi connectivity index (χ0v) is 51.8. The molecule has 1 aliphatic heterocycles. The Balaban J connectivity index is 0.000000361. The van der Waals surface area contributed by atoms with Gasteiger partial charge in [0.15, 0.2) is 70.1 Å². The first-order valence-electron chi connectivity index (χ1n) is 24.3. The van der Waals surface area contributed by atoms with Crippen LogP contribution >= 0.6 is 63.7 Å². The number of carbonyl (C=O) groups is 3. The van der Waals surface area contributed by atoms with Gasteiger partial charge in [-0.2, -0.15) is 4.91 Å². The maximum Gasteiger partial charge on any atom is 0.283 e. The van der Waals surface area contributed by atoms with Crippen molar-refractivity contribution in [1.82, 2.24) is 0 Å². The van der Waals surface area contributed by atoms with Crippen LogP contribution < -0.4 is 42.6 Å². The molecule has 1 saturated heterocycles. The number of aromatic hydroxyl groups is 1. The number of phenols is 1. The average molecular weight is 1420 g/mol. The predicted molar refractivity (Wildman–Crippen MR) is 318 cm³/mol. The number of carbonyl (C=O) groups excluding carboxylic acids is 3. The standard InChI is InChI=1S/C15H20BrNO6.C10H11BrN2O5.C10H10BrNO5.C10H11BrO3.C8H8O3/c1-20-13-8-11(10-23-15-4-2-3-6-22-15)12(17(18)19)9-14(13)21-7-5-16;1-17-9-4-7(6-12-14)8(13(15)16)5-10(9)18-3-2-11;1-16-9-4-7(6-13)8(12(14)15)5-10(9)17-3-2-11;1-13-10-6-8(7-12)2-3-9(10)14-5-4-11;1-11-8-4-6(5-9)2-3-7(8)10/h8-9,15H,2-7,10H2,1H3;4-5H,2-3,6H2,1H3;4-6H,2-3H2,1H3;2-3,6-7H,4-5H2,1H3;2-5,10H,1H3. The van der Waals surface area contributed by atoms with E-state index in [1.165, 1.54) is 77.0 Å². The summed E-state index contributed by atoms with van der Waals surface area (Å²) in [5, 5.41) is 47.2. The van der Waals surface area contributed by atoms with E-state index in [0.29, 0.717) is 119 Å². The molecule has 1 unspecified atom stereocenters. The van der Waals surface area contributed by atoms with E-state index in [0.717, 1.165) is 30.9 Å². The summed E-state index contributed by atoms with van der Waals surface area (Å²) in [5.41, 5.74) is 1.09. The lowest BCUT2D eigenvalue weighted by Gasteiger charge is -2.22. The van der Waals surface area contributed by atoms with Crippen molar-refractivity contribution in [1.29, 1.82) is 0 Å². The third kappa shape index (κ3) is 24.6. The smallest absolute Gasteiger partial charge is 0.283 e. The van der Waals surface area contributed by atoms with Gasteiger partial charge in [-0.05, 0) is 67.8 Å². The molecule has 5 aromatic rings. The number of phenolic OH excluding ortho intramolecular Hbond substituents is 1. The molecule has 0 aromatic heterocycles. The molecule has 0 spiro atoms. The molecule has 452 valence electrons. The summed E-state index contributed by atoms with van der Waals surface area (Å²) in [6, 6.07) is 17.5. The molecule has 0 radical (unpaired) electrons. The van der Waals surface area contributed by atoms with E-state index in [1.54, 1.807) is 31.4 Å². The van der Waals surface area contributed by atoms with Gasteiger partial charge in [0.05, 0.1) is 118 Å². The minimum absolute atomic E-state index is 0.0399. The number of hydrogen-bond acceptors (Lipinski definition) is 23. The Kier molecular flexibility index (Phi) is 35.4. The molecule has 0 saturated carbocycles. The number of rotatable bonds is 28. The van der Waals surface area contributed by atoms with E-state index in [4.69, 9.17) is 57.2 Å². The Morgan fingerprint density at radius 1 is 0.542 bits per heavy atom. The molecule has 1 heterocycles. The number of ether oxygens (including phenoxy) is 11. The monoisotopic (exact) mass is 1420 g/mol. The summed E-state index contributed by atoms with van der Waals surface area (Å²) < 4.78 is 57.8. The van der Waals surface area contributed by atoms with Crippen LogP contribution in [0, 0.1) is 35.3 Å². The van der Waals surface area contributed by atoms with Crippen molar-refractivity contribution in [3.05, 3.63) is 136 Å². The van der Waals surface area contributed by atoms with Gasteiger partial charge in [0, 0.05) is 45.1 Å². The molecule has 5 aromatic carbocycles. The minimum Gasteiger partial charge on any atom is -0.504 e. The van der Waals surface area contributed by atoms with Gasteiger partial charge in [0.1, 0.15) is 19.1 Å². The second kappa shape index (κ2) is 40.9. The SMILES string of the molecule is COc1cc(C=O)c([N+](=O)[O-])cc1OCCBr.COc1cc(C=O)ccc1O.COc1cc(C=O)ccc1OCCBr.COc1cc(CN=O)c([N+](=O)[O-])cc1OCCBr.COc1cc(COC2CCCCO2)c([N+](=O)[O-])cc1OCCBr. The number of benzene rings is 5. The van der Waals surface area contributed by atoms with Crippen LogP contribution in [-0.4, -0.2) is 135 Å². The number of hydrogen-bond donors (Lipinski definition) is 1. The van der Waals surface area contributed by atoms with E-state index in [2.05, 4.69) is 68.9 Å². The summed E-state index contributed by atoms with van der Waals surface area (Å²) in [4.78, 5) is 73.0. The highest BCUT2D eigenvalue weighted by Crippen LogP contribution is 2.38. The van der Waals surface area contributed by atoms with Crippen molar-refractivity contribution in [2.24, 2.45) is 5.18 Å². The summed E-state index contributed by atoms with van der Waals surface area (Å²) in [7, 11) is 7.29. The van der Waals surface area contributed by atoms with Crippen molar-refractivity contribution in [3.63, 3.8) is 0 Å². The van der Waals surface area contributed by atoms with Crippen molar-refractivity contribution in [2.45, 2.75) is 38.7 Å². The molecular formula is C53H60Br4N4O22. The maximum absolute atomic E-state index is 11.3. The maximum atomic E-state index is 11.3. The third-order valence-corrected chi connectivity index (χ3v) is 11.9. The van der Waals surface area contributed by atoms with Gasteiger partial charge >= 0.3 is 0 Å². The lowest BCUT2D eigenvalue weighted by atomic mass is 10.1. The second-order valence-corrected chi connectivity index (χ2v) is 19.0. The first-order valence-corrected chi connectivity index (χ1v) is 28.8. The molecular weight excluding hydrogens is 1360 g/mol. The quantitative estimate of drug-likeness (QED) is 0.0160. The second-order valence-electron chi connectivity index (χ2n) is 15.8. The Morgan fingerprint density at radius 2 is 0.964 bits per heavy atom. The molecule has 0 aliphatic carbocycles. The lowest BCUT2D eigenvalue weighted by Crippen LogP contribution is -2.22. The summed E-state index contributed by atoms with van der Waals surface area (Å²) in [6.07, 6.45) is 4.44. The van der Waals surface area contributed by atoms with E-state index >= 15 is 0 Å². The molecule has 30 heteroatoms. The van der Waals surface area contributed by atoms with Gasteiger partial charge in [-0.1, -0.05) is 68.9 Å². The molecule has 83 heavy (non-hydrogen) atoms. The van der Waals surface area contributed by atoms with Gasteiger partial charge in [-0.3, -0.25) is 44.7 Å². The van der Waals surface area contributed by atoms with Gasteiger partial charge in [-0.15, -0.1) is 0 Å². The van der Waals surface area contributed by atoms with E-state index < -0.39 is 14.8 Å². The van der Waals surface area contributed by atoms with Crippen LogP contribution in [0.2, 0.25) is 0 Å². The van der Waals surface area contributed by atoms with Crippen LogP contribution in [0.3, 0.4) is 0 Å². The zero-order valence-electron chi connectivity index (χ0n) is 45.5. The number of halogens is 4. The van der Waals surface area contributed by atoms with E-state index in [9.17, 15) is 49.6 Å². The van der Waals surface area contributed by atoms with Gasteiger partial charge in [-0.25, -0.2) is 0 Å². The Hall–Kier alpha value is -7.25. The third-order valence-electron chi connectivity index (χ3n) is 10.6. The highest BCUT2D eigenvalue weighted by Gasteiger charge is 2.24. The van der Waals surface area contributed by atoms with Crippen LogP contribution in [0.5, 0.6) is 57.5 Å². The predicted octanol–water partition coefficient (Wildman–Crippen LogP) is 11.7. The number of alkyl halides is 4. The Morgan fingerprint density at radius 3 is 1.39 bits per heavy atom. The fourth-order valence-corrected chi connectivity index (χ4v) is 7.38. The molecule has 1 N–H and O–H groups in total. The number of nitrogens with zero attached hydrogens (tertiary/aromatic N) is 4. The van der Waals surface area contributed by atoms with Crippen molar-refractivity contribution in [2.75, 3.05) is 89.9 Å². The fraction of sp³-hybridized carbons (Fsp3) is 0.377. The molecule has 0 bridgehead atoms. The topological polar surface area (TPSA) is 332 Å². The van der Waals surface area contributed by atoms with Crippen LogP contribution in [0.15, 0.2) is 78.0 Å². The Bertz CT molecular complexity index is 2880. The van der Waals surface area contributed by atoms with Gasteiger partial charge in [0.25, 0.3) is 17.1 Å². The molecule has 0 amide bonds. The number of nitroso groups, excluding NO2 is 1. The van der Waals surface area contributed by atoms with Crippen LogP contribution in [0.1, 0.15) is 61.5 Å². The largest absolute Gasteiger partial charge is 0.504 e. The summed E-state index contributed by atoms with van der Waals surface area (Å²) in [5.74, 6) is 3.50. The van der Waals surface area contributed by atoms with Gasteiger partial charge < -0.3 is 57.2 Å². The molecule has 1 fully saturated rings. The van der Waals surface area contributed by atoms with Crippen LogP contribution in [-0.2, 0) is 22.6 Å². The zero-order chi connectivity index (χ0) is 61.7. The molecule has 6 rings (SSSR count). The molecule has 1 atom stereocenters. The number of aldehydes is 3. The van der Waals surface area contributed by atoms with E-state index in [1.807, 2.05) is 0 Å². The first-order chi connectivity index (χ1) is 40.0.